The van der Waals surface area contributed by atoms with Gasteiger partial charge in [0.05, 0.1) is 17.4 Å². The van der Waals surface area contributed by atoms with Crippen molar-refractivity contribution in [2.75, 3.05) is 0 Å². The van der Waals surface area contributed by atoms with Crippen LogP contribution >= 0.6 is 0 Å². The average molecular weight is 366 g/mol. The molecule has 3 aliphatic heterocycles. The molecule has 0 aliphatic carbocycles. The zero-order valence-corrected chi connectivity index (χ0v) is 17.3. The number of hydrogen-bond donors (Lipinski definition) is 0. The summed E-state index contributed by atoms with van der Waals surface area (Å²) in [6.07, 6.45) is 2.06. The van der Waals surface area contributed by atoms with E-state index in [0.717, 1.165) is 19.3 Å². The van der Waals surface area contributed by atoms with Crippen LogP contribution in [0.1, 0.15) is 74.1 Å². The van der Waals surface area contributed by atoms with Gasteiger partial charge in [0, 0.05) is 0 Å². The second-order valence-corrected chi connectivity index (χ2v) is 10.0. The summed E-state index contributed by atoms with van der Waals surface area (Å²) in [6.45, 7) is 14.9. The number of carbonyl (C=O) groups is 2. The van der Waals surface area contributed by atoms with Gasteiger partial charge in [-0.25, -0.2) is 0 Å². The largest absolute Gasteiger partial charge is 0.455 e. The minimum absolute atomic E-state index is 0.0805. The van der Waals surface area contributed by atoms with Gasteiger partial charge in [-0.1, -0.05) is 54.4 Å². The van der Waals surface area contributed by atoms with E-state index in [0.29, 0.717) is 6.42 Å². The Balaban J connectivity index is 1.80. The van der Waals surface area contributed by atoms with Gasteiger partial charge in [0.1, 0.15) is 6.10 Å². The van der Waals surface area contributed by atoms with Crippen molar-refractivity contribution in [3.8, 4) is 0 Å². The van der Waals surface area contributed by atoms with Gasteiger partial charge < -0.3 is 14.2 Å². The lowest BCUT2D eigenvalue weighted by atomic mass is 9.59. The van der Waals surface area contributed by atoms with Gasteiger partial charge in [-0.05, 0) is 30.6 Å². The molecular formula is C21H34O5. The zero-order chi connectivity index (χ0) is 19.5. The molecule has 0 aromatic carbocycles. The van der Waals surface area contributed by atoms with Gasteiger partial charge in [-0.15, -0.1) is 0 Å². The fraction of sp³-hybridized carbons (Fsp3) is 0.905. The van der Waals surface area contributed by atoms with Crippen molar-refractivity contribution in [2.45, 2.75) is 98.6 Å². The molecule has 0 N–H and O–H groups in total. The Kier molecular flexibility index (Phi) is 4.70. The molecule has 0 spiro atoms. The topological polar surface area (TPSA) is 61.8 Å². The standard InChI is InChI=1S/C21H34O5/c1-8-20(6,9-2)11-21(7,19(3,4)5)18(23)26-15-13-10-12-14(24-13)16(15)25-17(12)22/h12-16H,8-11H2,1-7H3. The first kappa shape index (κ1) is 19.7. The lowest BCUT2D eigenvalue weighted by Crippen LogP contribution is -2.49. The molecule has 26 heavy (non-hydrogen) atoms. The fourth-order valence-corrected chi connectivity index (χ4v) is 4.63. The Morgan fingerprint density at radius 3 is 2.27 bits per heavy atom. The highest BCUT2D eigenvalue weighted by atomic mass is 16.7. The van der Waals surface area contributed by atoms with E-state index in [-0.39, 0.29) is 40.9 Å². The van der Waals surface area contributed by atoms with Gasteiger partial charge in [0.15, 0.2) is 12.2 Å². The lowest BCUT2D eigenvalue weighted by Gasteiger charge is -2.45. The minimum Gasteiger partial charge on any atom is -0.455 e. The van der Waals surface area contributed by atoms with E-state index in [1.54, 1.807) is 0 Å². The Labute approximate surface area is 157 Å². The first-order chi connectivity index (χ1) is 12.0. The maximum atomic E-state index is 13.4. The van der Waals surface area contributed by atoms with Crippen LogP contribution < -0.4 is 0 Å². The molecule has 6 unspecified atom stereocenters. The van der Waals surface area contributed by atoms with Crippen LogP contribution in [0.4, 0.5) is 0 Å². The maximum Gasteiger partial charge on any atom is 0.312 e. The number of carbonyl (C=O) groups excluding carboxylic acids is 2. The highest BCUT2D eigenvalue weighted by molar-refractivity contribution is 5.79. The summed E-state index contributed by atoms with van der Waals surface area (Å²) in [7, 11) is 0. The van der Waals surface area contributed by atoms with Gasteiger partial charge in [-0.3, -0.25) is 9.59 Å². The summed E-state index contributed by atoms with van der Waals surface area (Å²) < 4.78 is 17.3. The molecule has 3 saturated heterocycles. The summed E-state index contributed by atoms with van der Waals surface area (Å²) in [5.74, 6) is -0.569. The normalized spacial score (nSPS) is 35.3. The van der Waals surface area contributed by atoms with Crippen molar-refractivity contribution in [3.05, 3.63) is 0 Å². The highest BCUT2D eigenvalue weighted by Gasteiger charge is 2.65. The van der Waals surface area contributed by atoms with E-state index in [4.69, 9.17) is 14.2 Å². The molecule has 0 aromatic heterocycles. The van der Waals surface area contributed by atoms with Crippen molar-refractivity contribution in [2.24, 2.45) is 22.2 Å². The SMILES string of the molecule is CCC(C)(CC)CC(C)(C(=O)OC1C2CC3C(=O)OC1C3O2)C(C)(C)C. The minimum atomic E-state index is -0.627. The predicted octanol–water partition coefficient (Wildman–Crippen LogP) is 3.88. The molecule has 5 nitrogen and oxygen atoms in total. The van der Waals surface area contributed by atoms with Gasteiger partial charge in [0.2, 0.25) is 0 Å². The monoisotopic (exact) mass is 366 g/mol. The molecule has 3 aliphatic rings. The van der Waals surface area contributed by atoms with E-state index in [1.165, 1.54) is 0 Å². The second kappa shape index (κ2) is 6.22. The molecule has 0 amide bonds. The molecule has 0 radical (unpaired) electrons. The van der Waals surface area contributed by atoms with Crippen LogP contribution in [0.2, 0.25) is 0 Å². The van der Waals surface area contributed by atoms with Crippen molar-refractivity contribution in [3.63, 3.8) is 0 Å². The number of esters is 2. The predicted molar refractivity (Wildman–Crippen MR) is 97.4 cm³/mol. The fourth-order valence-electron chi connectivity index (χ4n) is 4.63. The van der Waals surface area contributed by atoms with Gasteiger partial charge >= 0.3 is 11.9 Å². The molecule has 5 heteroatoms. The van der Waals surface area contributed by atoms with E-state index >= 15 is 0 Å². The van der Waals surface area contributed by atoms with Crippen LogP contribution in [0, 0.1) is 22.2 Å². The molecule has 6 atom stereocenters. The van der Waals surface area contributed by atoms with E-state index in [1.807, 2.05) is 6.92 Å². The smallest absolute Gasteiger partial charge is 0.312 e. The Hall–Kier alpha value is -1.10. The lowest BCUT2D eigenvalue weighted by molar-refractivity contribution is -0.179. The van der Waals surface area contributed by atoms with Gasteiger partial charge in [0.25, 0.3) is 0 Å². The highest BCUT2D eigenvalue weighted by Crippen LogP contribution is 2.52. The zero-order valence-electron chi connectivity index (χ0n) is 17.3. The van der Waals surface area contributed by atoms with E-state index in [2.05, 4.69) is 41.5 Å². The quantitative estimate of drug-likeness (QED) is 0.668. The molecular weight excluding hydrogens is 332 g/mol. The van der Waals surface area contributed by atoms with Crippen molar-refractivity contribution in [1.82, 2.24) is 0 Å². The van der Waals surface area contributed by atoms with Crippen LogP contribution in [-0.2, 0) is 23.8 Å². The Bertz CT molecular complexity index is 588. The van der Waals surface area contributed by atoms with Crippen molar-refractivity contribution in [1.29, 1.82) is 0 Å². The second-order valence-electron chi connectivity index (χ2n) is 10.0. The third-order valence-corrected chi connectivity index (χ3v) is 7.62. The van der Waals surface area contributed by atoms with Crippen molar-refractivity contribution < 1.29 is 23.8 Å². The maximum absolute atomic E-state index is 13.4. The van der Waals surface area contributed by atoms with E-state index < -0.39 is 17.6 Å². The first-order valence-electron chi connectivity index (χ1n) is 10.0. The molecule has 3 rings (SSSR count). The summed E-state index contributed by atoms with van der Waals surface area (Å²) in [5, 5.41) is 0. The molecule has 0 aromatic rings. The Morgan fingerprint density at radius 1 is 1.12 bits per heavy atom. The van der Waals surface area contributed by atoms with E-state index in [9.17, 15) is 9.59 Å². The Morgan fingerprint density at radius 2 is 1.73 bits per heavy atom. The number of hydrogen-bond acceptors (Lipinski definition) is 5. The first-order valence-corrected chi connectivity index (χ1v) is 10.0. The third kappa shape index (κ3) is 2.87. The van der Waals surface area contributed by atoms with Crippen LogP contribution in [0.3, 0.4) is 0 Å². The van der Waals surface area contributed by atoms with Crippen LogP contribution in [0.25, 0.3) is 0 Å². The number of fused-ring (bicyclic) bond motifs is 1. The van der Waals surface area contributed by atoms with Crippen LogP contribution in [-0.4, -0.2) is 36.4 Å². The summed E-state index contributed by atoms with van der Waals surface area (Å²) in [5.41, 5.74) is -0.794. The van der Waals surface area contributed by atoms with Crippen LogP contribution in [0.15, 0.2) is 0 Å². The molecule has 3 fully saturated rings. The molecule has 2 bridgehead atoms. The summed E-state index contributed by atoms with van der Waals surface area (Å²) in [6, 6.07) is 0. The number of rotatable bonds is 6. The molecule has 0 saturated carbocycles. The third-order valence-electron chi connectivity index (χ3n) is 7.62. The summed E-state index contributed by atoms with van der Waals surface area (Å²) >= 11 is 0. The van der Waals surface area contributed by atoms with Crippen molar-refractivity contribution >= 4 is 11.9 Å². The average Bonchev–Trinajstić information content (AvgIpc) is 3.18. The summed E-state index contributed by atoms with van der Waals surface area (Å²) in [4.78, 5) is 25.3. The molecule has 3 heterocycles. The van der Waals surface area contributed by atoms with Crippen LogP contribution in [0.5, 0.6) is 0 Å². The number of ether oxygens (including phenoxy) is 3. The molecule has 148 valence electrons. The van der Waals surface area contributed by atoms with Gasteiger partial charge in [-0.2, -0.15) is 0 Å².